The van der Waals surface area contributed by atoms with E-state index < -0.39 is 60.2 Å². The maximum atomic E-state index is 12.0. The summed E-state index contributed by atoms with van der Waals surface area (Å²) in [6.07, 6.45) is -0.814. The van der Waals surface area contributed by atoms with Crippen LogP contribution in [0, 0.1) is 0 Å². The van der Waals surface area contributed by atoms with Crippen molar-refractivity contribution in [1.82, 2.24) is 16.0 Å². The van der Waals surface area contributed by atoms with Gasteiger partial charge < -0.3 is 31.9 Å². The second-order valence-corrected chi connectivity index (χ2v) is 5.63. The molecule has 0 aliphatic heterocycles. The van der Waals surface area contributed by atoms with Gasteiger partial charge in [-0.3, -0.25) is 19.2 Å². The Morgan fingerprint density at radius 2 is 1.44 bits per heavy atom. The second-order valence-electron chi connectivity index (χ2n) is 5.26. The summed E-state index contributed by atoms with van der Waals surface area (Å²) in [5, 5.41) is 24.1. The molecule has 0 aromatic carbocycles. The molecule has 0 radical (unpaired) electrons. The van der Waals surface area contributed by atoms with Gasteiger partial charge in [0.1, 0.15) is 18.1 Å². The molecule has 0 spiro atoms. The van der Waals surface area contributed by atoms with Crippen LogP contribution in [-0.4, -0.2) is 69.8 Å². The molecule has 0 aromatic heterocycles. The third-order valence-corrected chi connectivity index (χ3v) is 3.34. The highest BCUT2D eigenvalue weighted by Gasteiger charge is 2.28. The van der Waals surface area contributed by atoms with E-state index in [1.165, 1.54) is 13.8 Å². The molecular formula is C13H22N4O7S. The first-order valence-electron chi connectivity index (χ1n) is 7.21. The van der Waals surface area contributed by atoms with Gasteiger partial charge >= 0.3 is 11.9 Å². The summed E-state index contributed by atoms with van der Waals surface area (Å²) in [5.74, 6) is -5.19. The first-order chi connectivity index (χ1) is 11.5. The highest BCUT2D eigenvalue weighted by molar-refractivity contribution is 7.80. The van der Waals surface area contributed by atoms with Crippen LogP contribution >= 0.6 is 12.6 Å². The summed E-state index contributed by atoms with van der Waals surface area (Å²) < 4.78 is 0. The zero-order valence-corrected chi connectivity index (χ0v) is 14.6. The standard InChI is InChI=1S/C13H22N4O7S/c1-5(14)10(20)17-8(4-25)12(22)15-6(2)11(21)16-7(13(23)24)3-9(18)19/h5-8,25H,3-4,14H2,1-2H3,(H,15,22)(H,16,21)(H,17,20)(H,18,19)(H,23,24). The average molecular weight is 378 g/mol. The third-order valence-electron chi connectivity index (χ3n) is 2.97. The van der Waals surface area contributed by atoms with Crippen LogP contribution in [0.25, 0.3) is 0 Å². The summed E-state index contributed by atoms with van der Waals surface area (Å²) in [6.45, 7) is 2.70. The Bertz CT molecular complexity index is 540. The molecule has 0 bridgehead atoms. The van der Waals surface area contributed by atoms with Crippen molar-refractivity contribution < 1.29 is 34.2 Å². The van der Waals surface area contributed by atoms with E-state index in [-0.39, 0.29) is 5.75 Å². The molecule has 0 saturated carbocycles. The van der Waals surface area contributed by atoms with Gasteiger partial charge in [0.25, 0.3) is 0 Å². The van der Waals surface area contributed by atoms with Crippen LogP contribution < -0.4 is 21.7 Å². The molecule has 4 unspecified atom stereocenters. The normalized spacial score (nSPS) is 15.2. The molecule has 4 atom stereocenters. The van der Waals surface area contributed by atoms with Crippen molar-refractivity contribution in [3.63, 3.8) is 0 Å². The third kappa shape index (κ3) is 8.35. The van der Waals surface area contributed by atoms with Crippen LogP contribution in [0.2, 0.25) is 0 Å². The van der Waals surface area contributed by atoms with E-state index in [0.29, 0.717) is 0 Å². The van der Waals surface area contributed by atoms with Gasteiger partial charge in [0, 0.05) is 5.75 Å². The van der Waals surface area contributed by atoms with Gasteiger partial charge in [0.05, 0.1) is 12.5 Å². The number of carbonyl (C=O) groups excluding carboxylic acids is 3. The van der Waals surface area contributed by atoms with E-state index in [1.54, 1.807) is 0 Å². The van der Waals surface area contributed by atoms with Crippen molar-refractivity contribution in [2.24, 2.45) is 5.73 Å². The number of nitrogens with two attached hydrogens (primary N) is 1. The molecule has 0 saturated heterocycles. The largest absolute Gasteiger partial charge is 0.481 e. The Labute approximate surface area is 149 Å². The predicted octanol–water partition coefficient (Wildman–Crippen LogP) is -2.70. The van der Waals surface area contributed by atoms with E-state index in [1.807, 2.05) is 5.32 Å². The molecule has 3 amide bonds. The van der Waals surface area contributed by atoms with E-state index in [0.717, 1.165) is 0 Å². The highest BCUT2D eigenvalue weighted by atomic mass is 32.1. The number of carboxylic acids is 2. The number of amides is 3. The highest BCUT2D eigenvalue weighted by Crippen LogP contribution is 1.96. The minimum atomic E-state index is -1.64. The van der Waals surface area contributed by atoms with Crippen LogP contribution in [0.15, 0.2) is 0 Å². The van der Waals surface area contributed by atoms with Crippen LogP contribution in [0.3, 0.4) is 0 Å². The Morgan fingerprint density at radius 3 is 1.84 bits per heavy atom. The van der Waals surface area contributed by atoms with E-state index >= 15 is 0 Å². The number of hydrogen-bond donors (Lipinski definition) is 7. The monoisotopic (exact) mass is 378 g/mol. The van der Waals surface area contributed by atoms with Crippen LogP contribution in [0.5, 0.6) is 0 Å². The van der Waals surface area contributed by atoms with Crippen molar-refractivity contribution in [3.05, 3.63) is 0 Å². The fourth-order valence-corrected chi connectivity index (χ4v) is 1.81. The maximum absolute atomic E-state index is 12.0. The Balaban J connectivity index is 4.77. The van der Waals surface area contributed by atoms with Crippen molar-refractivity contribution in [2.75, 3.05) is 5.75 Å². The van der Waals surface area contributed by atoms with E-state index in [2.05, 4.69) is 23.3 Å². The van der Waals surface area contributed by atoms with Crippen LogP contribution in [0.1, 0.15) is 20.3 Å². The fraction of sp³-hybridized carbons (Fsp3) is 0.615. The molecular weight excluding hydrogens is 356 g/mol. The Hall–Kier alpha value is -2.34. The summed E-state index contributed by atoms with van der Waals surface area (Å²) in [4.78, 5) is 57.0. The maximum Gasteiger partial charge on any atom is 0.326 e. The lowest BCUT2D eigenvalue weighted by Crippen LogP contribution is -2.56. The SMILES string of the molecule is CC(N)C(=O)NC(CS)C(=O)NC(C)C(=O)NC(CC(=O)O)C(=O)O. The topological polar surface area (TPSA) is 188 Å². The Kier molecular flexibility index (Phi) is 9.53. The summed E-state index contributed by atoms with van der Waals surface area (Å²) in [5.41, 5.74) is 5.38. The zero-order chi connectivity index (χ0) is 19.7. The lowest BCUT2D eigenvalue weighted by atomic mass is 10.2. The van der Waals surface area contributed by atoms with Gasteiger partial charge in [0.15, 0.2) is 0 Å². The van der Waals surface area contributed by atoms with Gasteiger partial charge in [-0.05, 0) is 13.8 Å². The quantitative estimate of drug-likeness (QED) is 0.200. The van der Waals surface area contributed by atoms with Crippen molar-refractivity contribution in [3.8, 4) is 0 Å². The average Bonchev–Trinajstić information content (AvgIpc) is 2.50. The molecule has 0 heterocycles. The molecule has 25 heavy (non-hydrogen) atoms. The zero-order valence-electron chi connectivity index (χ0n) is 13.7. The van der Waals surface area contributed by atoms with Crippen molar-refractivity contribution >= 4 is 42.3 Å². The number of hydrogen-bond acceptors (Lipinski definition) is 7. The van der Waals surface area contributed by atoms with Crippen molar-refractivity contribution in [1.29, 1.82) is 0 Å². The summed E-state index contributed by atoms with van der Waals surface area (Å²) >= 11 is 3.93. The number of carbonyl (C=O) groups is 5. The number of carboxylic acid groups (broad SMARTS) is 2. The minimum absolute atomic E-state index is 0.0601. The second kappa shape index (κ2) is 10.5. The van der Waals surface area contributed by atoms with Gasteiger partial charge in [0.2, 0.25) is 17.7 Å². The molecule has 0 aromatic rings. The number of nitrogens with one attached hydrogen (secondary N) is 3. The molecule has 11 nitrogen and oxygen atoms in total. The molecule has 142 valence electrons. The number of thiol groups is 1. The predicted molar refractivity (Wildman–Crippen MR) is 88.9 cm³/mol. The molecule has 0 aliphatic rings. The lowest BCUT2D eigenvalue weighted by molar-refractivity contribution is -0.147. The summed E-state index contributed by atoms with van der Waals surface area (Å²) in [7, 11) is 0. The van der Waals surface area contributed by atoms with Gasteiger partial charge in [-0.25, -0.2) is 4.79 Å². The van der Waals surface area contributed by atoms with Crippen molar-refractivity contribution in [2.45, 2.75) is 44.4 Å². The van der Waals surface area contributed by atoms with Gasteiger partial charge in [-0.15, -0.1) is 0 Å². The smallest absolute Gasteiger partial charge is 0.326 e. The molecule has 0 fully saturated rings. The molecule has 0 aliphatic carbocycles. The van der Waals surface area contributed by atoms with Crippen LogP contribution in [0.4, 0.5) is 0 Å². The van der Waals surface area contributed by atoms with E-state index in [4.69, 9.17) is 15.9 Å². The minimum Gasteiger partial charge on any atom is -0.481 e. The number of aliphatic carboxylic acids is 2. The van der Waals surface area contributed by atoms with Crippen LogP contribution in [-0.2, 0) is 24.0 Å². The lowest BCUT2D eigenvalue weighted by Gasteiger charge is -2.21. The first kappa shape index (κ1) is 22.7. The molecule has 7 N–H and O–H groups in total. The van der Waals surface area contributed by atoms with E-state index in [9.17, 15) is 24.0 Å². The Morgan fingerprint density at radius 1 is 0.920 bits per heavy atom. The van der Waals surface area contributed by atoms with Gasteiger partial charge in [-0.2, -0.15) is 12.6 Å². The molecule has 0 rings (SSSR count). The summed E-state index contributed by atoms with van der Waals surface area (Å²) in [6, 6.07) is -4.70. The van der Waals surface area contributed by atoms with Gasteiger partial charge in [-0.1, -0.05) is 0 Å². The first-order valence-corrected chi connectivity index (χ1v) is 7.85. The number of rotatable bonds is 10. The fourth-order valence-electron chi connectivity index (χ4n) is 1.55. The molecule has 12 heteroatoms.